The van der Waals surface area contributed by atoms with E-state index >= 15 is 0 Å². The van der Waals surface area contributed by atoms with Gasteiger partial charge in [0, 0.05) is 17.4 Å². The molecule has 3 rings (SSSR count). The van der Waals surface area contributed by atoms with Crippen LogP contribution in [0.2, 0.25) is 0 Å². The maximum absolute atomic E-state index is 11.8. The molecule has 0 radical (unpaired) electrons. The average molecular weight is 297 g/mol. The molecule has 1 saturated heterocycles. The molecule has 2 heterocycles. The molecular formula is C12H13BrN2O2. The summed E-state index contributed by atoms with van der Waals surface area (Å²) in [7, 11) is 0. The number of halogens is 1. The summed E-state index contributed by atoms with van der Waals surface area (Å²) in [6.45, 7) is 2.18. The third-order valence-electron chi connectivity index (χ3n) is 3.19. The molecule has 90 valence electrons. The van der Waals surface area contributed by atoms with Crippen molar-refractivity contribution >= 4 is 33.2 Å². The summed E-state index contributed by atoms with van der Waals surface area (Å²) < 4.78 is 6.48. The van der Waals surface area contributed by atoms with Crippen molar-refractivity contribution < 1.29 is 9.53 Å². The molecule has 1 aromatic rings. The van der Waals surface area contributed by atoms with Crippen LogP contribution in [0, 0.1) is 0 Å². The van der Waals surface area contributed by atoms with E-state index in [1.54, 1.807) is 0 Å². The van der Waals surface area contributed by atoms with Gasteiger partial charge >= 0.3 is 0 Å². The van der Waals surface area contributed by atoms with Crippen LogP contribution in [0.4, 0.5) is 11.4 Å². The average Bonchev–Trinajstić information content (AvgIpc) is 2.45. The predicted molar refractivity (Wildman–Crippen MR) is 69.3 cm³/mol. The van der Waals surface area contributed by atoms with Crippen LogP contribution in [0.15, 0.2) is 22.7 Å². The molecule has 1 fully saturated rings. The van der Waals surface area contributed by atoms with Gasteiger partial charge in [-0.05, 0) is 18.2 Å². The van der Waals surface area contributed by atoms with E-state index < -0.39 is 0 Å². The van der Waals surface area contributed by atoms with Crippen LogP contribution in [-0.4, -0.2) is 31.7 Å². The van der Waals surface area contributed by atoms with Crippen LogP contribution in [0.3, 0.4) is 0 Å². The number of nitrogens with one attached hydrogen (secondary N) is 1. The molecule has 4 nitrogen and oxygen atoms in total. The fraction of sp³-hybridized carbons (Fsp3) is 0.417. The number of nitrogens with zero attached hydrogens (tertiary/aromatic N) is 1. The zero-order chi connectivity index (χ0) is 11.8. The van der Waals surface area contributed by atoms with E-state index in [2.05, 4.69) is 32.2 Å². The lowest BCUT2D eigenvalue weighted by Crippen LogP contribution is -2.45. The van der Waals surface area contributed by atoms with E-state index in [4.69, 9.17) is 4.74 Å². The molecule has 1 aromatic carbocycles. The zero-order valence-corrected chi connectivity index (χ0v) is 10.9. The predicted octanol–water partition coefficient (Wildman–Crippen LogP) is 2.00. The lowest BCUT2D eigenvalue weighted by Gasteiger charge is -2.36. The number of benzene rings is 1. The Morgan fingerprint density at radius 3 is 3.24 bits per heavy atom. The molecule has 5 heteroatoms. The van der Waals surface area contributed by atoms with E-state index in [0.29, 0.717) is 13.0 Å². The van der Waals surface area contributed by atoms with E-state index in [0.717, 1.165) is 29.0 Å². The molecule has 17 heavy (non-hydrogen) atoms. The Labute approximate surface area is 108 Å². The Kier molecular flexibility index (Phi) is 2.80. The molecule has 2 aliphatic rings. The van der Waals surface area contributed by atoms with E-state index in [-0.39, 0.29) is 11.9 Å². The topological polar surface area (TPSA) is 41.6 Å². The number of hydrogen-bond donors (Lipinski definition) is 1. The van der Waals surface area contributed by atoms with Crippen molar-refractivity contribution in [3.63, 3.8) is 0 Å². The number of hydrogen-bond acceptors (Lipinski definition) is 3. The van der Waals surface area contributed by atoms with Crippen molar-refractivity contribution in [2.24, 2.45) is 0 Å². The van der Waals surface area contributed by atoms with Gasteiger partial charge in [-0.25, -0.2) is 0 Å². The van der Waals surface area contributed by atoms with Crippen LogP contribution in [-0.2, 0) is 9.53 Å². The van der Waals surface area contributed by atoms with E-state index in [9.17, 15) is 4.79 Å². The molecule has 1 amide bonds. The summed E-state index contributed by atoms with van der Waals surface area (Å²) in [6, 6.07) is 6.09. The monoisotopic (exact) mass is 296 g/mol. The summed E-state index contributed by atoms with van der Waals surface area (Å²) in [5, 5.41) is 2.95. The number of amides is 1. The van der Waals surface area contributed by atoms with Crippen molar-refractivity contribution in [3.8, 4) is 0 Å². The van der Waals surface area contributed by atoms with Gasteiger partial charge in [-0.1, -0.05) is 15.9 Å². The molecule has 0 spiro atoms. The van der Waals surface area contributed by atoms with Crippen molar-refractivity contribution in [3.05, 3.63) is 22.7 Å². The van der Waals surface area contributed by atoms with E-state index in [1.807, 2.05) is 12.1 Å². The highest BCUT2D eigenvalue weighted by atomic mass is 79.9. The van der Waals surface area contributed by atoms with Gasteiger partial charge in [-0.15, -0.1) is 0 Å². The van der Waals surface area contributed by atoms with Gasteiger partial charge in [0.05, 0.1) is 30.6 Å². The van der Waals surface area contributed by atoms with Gasteiger partial charge in [0.25, 0.3) is 0 Å². The van der Waals surface area contributed by atoms with Crippen molar-refractivity contribution in [2.75, 3.05) is 30.0 Å². The van der Waals surface area contributed by atoms with Crippen LogP contribution in [0.5, 0.6) is 0 Å². The maximum Gasteiger partial charge on any atom is 0.226 e. The summed E-state index contributed by atoms with van der Waals surface area (Å²) in [5.74, 6) is 0.0616. The molecule has 0 saturated carbocycles. The van der Waals surface area contributed by atoms with Crippen molar-refractivity contribution in [1.29, 1.82) is 0 Å². The maximum atomic E-state index is 11.8. The number of fused-ring (bicyclic) bond motifs is 3. The highest BCUT2D eigenvalue weighted by Crippen LogP contribution is 2.34. The standard InChI is InChI=1S/C12H13BrN2O2/c13-8-1-2-10-11(5-8)15-3-4-17-7-9(15)6-12(16)14-10/h1-2,5,9H,3-4,6-7H2,(H,14,16). The number of rotatable bonds is 0. The minimum atomic E-state index is 0.0616. The Bertz CT molecular complexity index is 464. The summed E-state index contributed by atoms with van der Waals surface area (Å²) in [6.07, 6.45) is 0.492. The Morgan fingerprint density at radius 1 is 1.47 bits per heavy atom. The Balaban J connectivity index is 2.07. The molecule has 2 aliphatic heterocycles. The van der Waals surface area contributed by atoms with Crippen LogP contribution in [0.25, 0.3) is 0 Å². The van der Waals surface area contributed by atoms with Crippen LogP contribution in [0.1, 0.15) is 6.42 Å². The Hall–Kier alpha value is -1.07. The second-order valence-corrected chi connectivity index (χ2v) is 5.25. The van der Waals surface area contributed by atoms with Gasteiger partial charge in [0.15, 0.2) is 0 Å². The molecule has 0 bridgehead atoms. The van der Waals surface area contributed by atoms with Crippen LogP contribution >= 0.6 is 15.9 Å². The fourth-order valence-corrected chi connectivity index (χ4v) is 2.75. The lowest BCUT2D eigenvalue weighted by atomic mass is 10.1. The minimum Gasteiger partial charge on any atom is -0.377 e. The first-order chi connectivity index (χ1) is 8.24. The summed E-state index contributed by atoms with van der Waals surface area (Å²) in [5.41, 5.74) is 1.97. The first-order valence-corrected chi connectivity index (χ1v) is 6.47. The minimum absolute atomic E-state index is 0.0616. The van der Waals surface area contributed by atoms with Gasteiger partial charge in [0.1, 0.15) is 0 Å². The van der Waals surface area contributed by atoms with Gasteiger partial charge < -0.3 is 15.0 Å². The van der Waals surface area contributed by atoms with Gasteiger partial charge in [-0.2, -0.15) is 0 Å². The number of ether oxygens (including phenoxy) is 1. The van der Waals surface area contributed by atoms with Crippen molar-refractivity contribution in [1.82, 2.24) is 0 Å². The SMILES string of the molecule is O=C1CC2COCCN2c2cc(Br)ccc2N1. The second-order valence-electron chi connectivity index (χ2n) is 4.34. The number of carbonyl (C=O) groups is 1. The smallest absolute Gasteiger partial charge is 0.226 e. The van der Waals surface area contributed by atoms with Gasteiger partial charge in [-0.3, -0.25) is 4.79 Å². The van der Waals surface area contributed by atoms with Crippen molar-refractivity contribution in [2.45, 2.75) is 12.5 Å². The summed E-state index contributed by atoms with van der Waals surface area (Å²) in [4.78, 5) is 14.0. The third kappa shape index (κ3) is 2.05. The first kappa shape index (κ1) is 11.0. The highest BCUT2D eigenvalue weighted by molar-refractivity contribution is 9.10. The third-order valence-corrected chi connectivity index (χ3v) is 3.69. The number of carbonyl (C=O) groups excluding carboxylic acids is 1. The molecular weight excluding hydrogens is 284 g/mol. The number of anilines is 2. The first-order valence-electron chi connectivity index (χ1n) is 5.68. The fourth-order valence-electron chi connectivity index (χ4n) is 2.40. The Morgan fingerprint density at radius 2 is 2.35 bits per heavy atom. The molecule has 1 unspecified atom stereocenters. The number of morpholine rings is 1. The quantitative estimate of drug-likeness (QED) is 0.796. The lowest BCUT2D eigenvalue weighted by molar-refractivity contribution is -0.116. The van der Waals surface area contributed by atoms with Gasteiger partial charge in [0.2, 0.25) is 5.91 Å². The van der Waals surface area contributed by atoms with Crippen LogP contribution < -0.4 is 10.2 Å². The summed E-state index contributed by atoms with van der Waals surface area (Å²) >= 11 is 3.48. The second kappa shape index (κ2) is 4.31. The molecule has 1 N–H and O–H groups in total. The highest BCUT2D eigenvalue weighted by Gasteiger charge is 2.30. The largest absolute Gasteiger partial charge is 0.377 e. The molecule has 0 aromatic heterocycles. The zero-order valence-electron chi connectivity index (χ0n) is 9.28. The van der Waals surface area contributed by atoms with E-state index in [1.165, 1.54) is 0 Å². The molecule has 1 atom stereocenters. The normalized spacial score (nSPS) is 23.5. The molecule has 0 aliphatic carbocycles.